The van der Waals surface area contributed by atoms with Crippen molar-refractivity contribution in [2.75, 3.05) is 32.7 Å². The second-order valence-electron chi connectivity index (χ2n) is 6.14. The maximum absolute atomic E-state index is 13.5. The smallest absolute Gasteiger partial charge is 0.292 e. The number of hydrogen-bond donors (Lipinski definition) is 1. The lowest BCUT2D eigenvalue weighted by molar-refractivity contribution is -0.133. The summed E-state index contributed by atoms with van der Waals surface area (Å²) in [4.78, 5) is 39.9. The van der Waals surface area contributed by atoms with Gasteiger partial charge in [0.1, 0.15) is 5.82 Å². The molecule has 0 bridgehead atoms. The number of amides is 2. The van der Waals surface area contributed by atoms with E-state index in [4.69, 9.17) is 0 Å². The fraction of sp³-hybridized carbons (Fsp3) is 0.471. The lowest BCUT2D eigenvalue weighted by atomic mass is 10.1. The Labute approximate surface area is 139 Å². The van der Waals surface area contributed by atoms with Crippen LogP contribution in [0.4, 0.5) is 4.39 Å². The second kappa shape index (κ2) is 7.09. The molecule has 1 saturated carbocycles. The first-order chi connectivity index (χ1) is 11.6. The van der Waals surface area contributed by atoms with Gasteiger partial charge in [-0.15, -0.1) is 0 Å². The van der Waals surface area contributed by atoms with Crippen molar-refractivity contribution < 1.29 is 18.8 Å². The van der Waals surface area contributed by atoms with Crippen LogP contribution in [0.3, 0.4) is 0 Å². The topological polar surface area (TPSA) is 69.7 Å². The zero-order valence-electron chi connectivity index (χ0n) is 13.3. The van der Waals surface area contributed by atoms with Crippen molar-refractivity contribution in [2.24, 2.45) is 0 Å². The maximum atomic E-state index is 13.5. The molecule has 2 fully saturated rings. The van der Waals surface area contributed by atoms with Crippen LogP contribution in [0, 0.1) is 5.82 Å². The highest BCUT2D eigenvalue weighted by molar-refractivity contribution is 6.43. The zero-order chi connectivity index (χ0) is 17.1. The van der Waals surface area contributed by atoms with Gasteiger partial charge in [-0.05, 0) is 25.0 Å². The summed E-state index contributed by atoms with van der Waals surface area (Å²) in [5, 5.41) is 2.29. The molecule has 2 amide bonds. The minimum atomic E-state index is -0.973. The number of piperazine rings is 1. The lowest BCUT2D eigenvalue weighted by Crippen LogP contribution is -2.52. The van der Waals surface area contributed by atoms with E-state index in [0.717, 1.165) is 19.2 Å². The van der Waals surface area contributed by atoms with E-state index in [-0.39, 0.29) is 18.0 Å². The minimum absolute atomic E-state index is 0.222. The Bertz CT molecular complexity index is 652. The molecule has 0 unspecified atom stereocenters. The van der Waals surface area contributed by atoms with Crippen LogP contribution in [-0.2, 0) is 9.59 Å². The molecular weight excluding hydrogens is 313 g/mol. The van der Waals surface area contributed by atoms with Crippen LogP contribution < -0.4 is 5.32 Å². The number of carbonyl (C=O) groups excluding carboxylic acids is 3. The van der Waals surface area contributed by atoms with Crippen LogP contribution in [0.2, 0.25) is 0 Å². The van der Waals surface area contributed by atoms with Gasteiger partial charge < -0.3 is 10.2 Å². The number of nitrogens with zero attached hydrogens (tertiary/aromatic N) is 2. The van der Waals surface area contributed by atoms with E-state index >= 15 is 0 Å². The molecule has 6 nitrogen and oxygen atoms in total. The van der Waals surface area contributed by atoms with Crippen LogP contribution in [0.5, 0.6) is 0 Å². The third-order valence-electron chi connectivity index (χ3n) is 4.46. The van der Waals surface area contributed by atoms with Gasteiger partial charge in [-0.2, -0.15) is 0 Å². The van der Waals surface area contributed by atoms with Crippen molar-refractivity contribution in [1.82, 2.24) is 15.1 Å². The van der Waals surface area contributed by atoms with Crippen LogP contribution in [-0.4, -0.2) is 66.2 Å². The number of nitrogens with one attached hydrogen (secondary N) is 1. The molecule has 1 saturated heterocycles. The minimum Gasteiger partial charge on any atom is -0.340 e. The van der Waals surface area contributed by atoms with Gasteiger partial charge in [0.15, 0.2) is 0 Å². The van der Waals surface area contributed by atoms with Crippen LogP contribution in [0.15, 0.2) is 24.3 Å². The maximum Gasteiger partial charge on any atom is 0.292 e. The standard InChI is InChI=1S/C17H20FN3O3/c18-14-4-2-1-3-13(14)16(23)17(24)19-11-15(22)21-9-7-20(8-10-21)12-5-6-12/h1-4,12H,5-11H2,(H,19,24). The molecule has 3 rings (SSSR count). The normalized spacial score (nSPS) is 18.3. The highest BCUT2D eigenvalue weighted by atomic mass is 19.1. The number of carbonyl (C=O) groups is 3. The van der Waals surface area contributed by atoms with Crippen LogP contribution in [0.25, 0.3) is 0 Å². The Kier molecular flexibility index (Phi) is 4.89. The molecule has 0 spiro atoms. The molecule has 2 aliphatic rings. The average molecular weight is 333 g/mol. The molecule has 1 aromatic carbocycles. The summed E-state index contributed by atoms with van der Waals surface area (Å²) >= 11 is 0. The number of benzene rings is 1. The Morgan fingerprint density at radius 2 is 1.75 bits per heavy atom. The second-order valence-corrected chi connectivity index (χ2v) is 6.14. The van der Waals surface area contributed by atoms with E-state index in [9.17, 15) is 18.8 Å². The molecule has 1 heterocycles. The molecule has 1 aliphatic heterocycles. The summed E-state index contributed by atoms with van der Waals surface area (Å²) in [5.41, 5.74) is -0.291. The monoisotopic (exact) mass is 333 g/mol. The predicted molar refractivity (Wildman–Crippen MR) is 84.9 cm³/mol. The van der Waals surface area contributed by atoms with Crippen LogP contribution >= 0.6 is 0 Å². The van der Waals surface area contributed by atoms with Gasteiger partial charge >= 0.3 is 0 Å². The Balaban J connectivity index is 1.46. The SMILES string of the molecule is O=C(NCC(=O)N1CCN(C2CC2)CC1)C(=O)c1ccccc1F. The van der Waals surface area contributed by atoms with E-state index in [2.05, 4.69) is 10.2 Å². The molecule has 1 aromatic rings. The zero-order valence-corrected chi connectivity index (χ0v) is 13.3. The summed E-state index contributed by atoms with van der Waals surface area (Å²) in [6.45, 7) is 2.71. The highest BCUT2D eigenvalue weighted by Gasteiger charge is 2.32. The molecule has 0 radical (unpaired) electrons. The lowest BCUT2D eigenvalue weighted by Gasteiger charge is -2.34. The summed E-state index contributed by atoms with van der Waals surface area (Å²) in [6, 6.07) is 5.96. The van der Waals surface area contributed by atoms with Crippen LogP contribution in [0.1, 0.15) is 23.2 Å². The van der Waals surface area contributed by atoms with Gasteiger partial charge in [0.2, 0.25) is 5.91 Å². The number of Topliss-reactive ketones (excluding diaryl/α,β-unsaturated/α-hetero) is 1. The molecule has 0 atom stereocenters. The summed E-state index contributed by atoms with van der Waals surface area (Å²) in [5.74, 6) is -2.91. The Morgan fingerprint density at radius 3 is 2.38 bits per heavy atom. The van der Waals surface area contributed by atoms with Gasteiger partial charge in [-0.25, -0.2) is 4.39 Å². The van der Waals surface area contributed by atoms with E-state index < -0.39 is 17.5 Å². The fourth-order valence-corrected chi connectivity index (χ4v) is 2.89. The van der Waals surface area contributed by atoms with E-state index in [1.165, 1.54) is 31.0 Å². The fourth-order valence-electron chi connectivity index (χ4n) is 2.89. The number of rotatable bonds is 5. The quantitative estimate of drug-likeness (QED) is 0.627. The van der Waals surface area contributed by atoms with Crippen molar-refractivity contribution in [2.45, 2.75) is 18.9 Å². The van der Waals surface area contributed by atoms with Gasteiger partial charge in [-0.1, -0.05) is 12.1 Å². The molecule has 7 heteroatoms. The molecule has 1 N–H and O–H groups in total. The molecular formula is C17H20FN3O3. The van der Waals surface area contributed by atoms with E-state index in [0.29, 0.717) is 19.1 Å². The first kappa shape index (κ1) is 16.6. The van der Waals surface area contributed by atoms with Gasteiger partial charge in [-0.3, -0.25) is 19.3 Å². The molecule has 0 aromatic heterocycles. The summed E-state index contributed by atoms with van der Waals surface area (Å²) < 4.78 is 13.5. The van der Waals surface area contributed by atoms with Crippen molar-refractivity contribution in [3.05, 3.63) is 35.6 Å². The summed E-state index contributed by atoms with van der Waals surface area (Å²) in [7, 11) is 0. The first-order valence-electron chi connectivity index (χ1n) is 8.15. The van der Waals surface area contributed by atoms with Gasteiger partial charge in [0.05, 0.1) is 12.1 Å². The Morgan fingerprint density at radius 1 is 1.08 bits per heavy atom. The Hall–Kier alpha value is -2.28. The third-order valence-corrected chi connectivity index (χ3v) is 4.46. The van der Waals surface area contributed by atoms with E-state index in [1.807, 2.05) is 0 Å². The number of ketones is 1. The van der Waals surface area contributed by atoms with Crippen molar-refractivity contribution in [3.8, 4) is 0 Å². The van der Waals surface area contributed by atoms with E-state index in [1.54, 1.807) is 4.90 Å². The summed E-state index contributed by atoms with van der Waals surface area (Å²) in [6.07, 6.45) is 2.48. The number of hydrogen-bond acceptors (Lipinski definition) is 4. The van der Waals surface area contributed by atoms with Gasteiger partial charge in [0.25, 0.3) is 11.7 Å². The largest absolute Gasteiger partial charge is 0.340 e. The van der Waals surface area contributed by atoms with Crippen molar-refractivity contribution in [3.63, 3.8) is 0 Å². The number of halogens is 1. The predicted octanol–water partition coefficient (Wildman–Crippen LogP) is 0.431. The molecule has 128 valence electrons. The molecule has 24 heavy (non-hydrogen) atoms. The van der Waals surface area contributed by atoms with Crippen molar-refractivity contribution in [1.29, 1.82) is 0 Å². The van der Waals surface area contributed by atoms with Gasteiger partial charge in [0, 0.05) is 32.2 Å². The highest BCUT2D eigenvalue weighted by Crippen LogP contribution is 2.27. The molecule has 1 aliphatic carbocycles. The first-order valence-corrected chi connectivity index (χ1v) is 8.15. The third kappa shape index (κ3) is 3.79. The van der Waals surface area contributed by atoms with Crippen molar-refractivity contribution >= 4 is 17.6 Å². The average Bonchev–Trinajstić information content (AvgIpc) is 3.44.